The molecule has 0 aliphatic carbocycles. The van der Waals surface area contributed by atoms with E-state index in [9.17, 15) is 9.59 Å². The summed E-state index contributed by atoms with van der Waals surface area (Å²) in [6, 6.07) is 24.6. The molecule has 0 N–H and O–H groups in total. The highest BCUT2D eigenvalue weighted by Gasteiger charge is 2.39. The van der Waals surface area contributed by atoms with Gasteiger partial charge in [-0.25, -0.2) is 0 Å². The SMILES string of the molecule is COc1ccc(N(C(=O)c2ccccc2)[C@@H]2C[C@@H](C)N(C(=O)C(C)C)c3ccccc32)cc1. The van der Waals surface area contributed by atoms with E-state index in [4.69, 9.17) is 4.74 Å². The Kier molecular flexibility index (Phi) is 6.50. The van der Waals surface area contributed by atoms with Gasteiger partial charge in [0.05, 0.1) is 13.2 Å². The number of amides is 2. The van der Waals surface area contributed by atoms with Crippen molar-refractivity contribution < 1.29 is 14.3 Å². The van der Waals surface area contributed by atoms with Crippen LogP contribution in [0, 0.1) is 5.92 Å². The van der Waals surface area contributed by atoms with Crippen molar-refractivity contribution in [1.29, 1.82) is 0 Å². The van der Waals surface area contributed by atoms with Gasteiger partial charge in [-0.2, -0.15) is 0 Å². The summed E-state index contributed by atoms with van der Waals surface area (Å²) in [4.78, 5) is 30.7. The summed E-state index contributed by atoms with van der Waals surface area (Å²) >= 11 is 0. The smallest absolute Gasteiger partial charge is 0.258 e. The highest BCUT2D eigenvalue weighted by Crippen LogP contribution is 2.43. The Labute approximate surface area is 195 Å². The first-order valence-corrected chi connectivity index (χ1v) is 11.4. The van der Waals surface area contributed by atoms with Gasteiger partial charge in [0.15, 0.2) is 0 Å². The maximum absolute atomic E-state index is 13.9. The monoisotopic (exact) mass is 442 g/mol. The van der Waals surface area contributed by atoms with Gasteiger partial charge < -0.3 is 14.5 Å². The molecule has 1 aliphatic heterocycles. The number of ether oxygens (including phenoxy) is 1. The maximum Gasteiger partial charge on any atom is 0.258 e. The van der Waals surface area contributed by atoms with Crippen molar-refractivity contribution in [2.24, 2.45) is 5.92 Å². The molecule has 5 heteroatoms. The van der Waals surface area contributed by atoms with Crippen molar-refractivity contribution in [3.8, 4) is 5.75 Å². The number of carbonyl (C=O) groups is 2. The third-order valence-corrected chi connectivity index (χ3v) is 6.19. The molecule has 5 nitrogen and oxygen atoms in total. The highest BCUT2D eigenvalue weighted by molar-refractivity contribution is 6.07. The van der Waals surface area contributed by atoms with Gasteiger partial charge in [-0.15, -0.1) is 0 Å². The summed E-state index contributed by atoms with van der Waals surface area (Å²) in [5.41, 5.74) is 3.27. The Morgan fingerprint density at radius 3 is 2.21 bits per heavy atom. The highest BCUT2D eigenvalue weighted by atomic mass is 16.5. The number of methoxy groups -OCH3 is 1. The summed E-state index contributed by atoms with van der Waals surface area (Å²) in [6.45, 7) is 5.90. The second-order valence-corrected chi connectivity index (χ2v) is 8.76. The van der Waals surface area contributed by atoms with Crippen molar-refractivity contribution in [2.75, 3.05) is 16.9 Å². The quantitative estimate of drug-likeness (QED) is 0.497. The molecule has 2 atom stereocenters. The molecule has 0 radical (unpaired) electrons. The molecule has 33 heavy (non-hydrogen) atoms. The second kappa shape index (κ2) is 9.49. The summed E-state index contributed by atoms with van der Waals surface area (Å²) in [7, 11) is 1.63. The number of rotatable bonds is 5. The molecule has 0 spiro atoms. The number of para-hydroxylation sites is 1. The molecule has 0 aromatic heterocycles. The molecule has 3 aromatic carbocycles. The molecule has 0 saturated carbocycles. The van der Waals surface area contributed by atoms with Crippen LogP contribution in [0.2, 0.25) is 0 Å². The molecule has 0 unspecified atom stereocenters. The molecule has 0 saturated heterocycles. The topological polar surface area (TPSA) is 49.9 Å². The molecule has 3 aromatic rings. The number of anilines is 2. The van der Waals surface area contributed by atoms with Crippen LogP contribution in [0.1, 0.15) is 49.2 Å². The van der Waals surface area contributed by atoms with Gasteiger partial charge in [-0.3, -0.25) is 9.59 Å². The van der Waals surface area contributed by atoms with E-state index in [1.54, 1.807) is 7.11 Å². The minimum absolute atomic E-state index is 0.0517. The number of carbonyl (C=O) groups excluding carboxylic acids is 2. The van der Waals surface area contributed by atoms with E-state index in [-0.39, 0.29) is 29.8 Å². The minimum atomic E-state index is -0.214. The van der Waals surface area contributed by atoms with Gasteiger partial charge in [-0.1, -0.05) is 50.2 Å². The van der Waals surface area contributed by atoms with Crippen LogP contribution in [0.4, 0.5) is 11.4 Å². The molecule has 1 aliphatic rings. The van der Waals surface area contributed by atoms with Crippen molar-refractivity contribution in [1.82, 2.24) is 0 Å². The minimum Gasteiger partial charge on any atom is -0.497 e. The van der Waals surface area contributed by atoms with Crippen LogP contribution < -0.4 is 14.5 Å². The van der Waals surface area contributed by atoms with Crippen LogP contribution in [0.3, 0.4) is 0 Å². The van der Waals surface area contributed by atoms with Crippen molar-refractivity contribution in [3.05, 3.63) is 90.0 Å². The Morgan fingerprint density at radius 2 is 1.58 bits per heavy atom. The Morgan fingerprint density at radius 1 is 0.939 bits per heavy atom. The first-order chi connectivity index (χ1) is 15.9. The fourth-order valence-corrected chi connectivity index (χ4v) is 4.54. The average molecular weight is 443 g/mol. The van der Waals surface area contributed by atoms with Crippen LogP contribution in [0.5, 0.6) is 5.75 Å². The molecule has 1 heterocycles. The lowest BCUT2D eigenvalue weighted by atomic mass is 9.88. The first-order valence-electron chi connectivity index (χ1n) is 11.4. The zero-order valence-corrected chi connectivity index (χ0v) is 19.6. The number of fused-ring (bicyclic) bond motifs is 1. The molecule has 0 bridgehead atoms. The number of hydrogen-bond acceptors (Lipinski definition) is 3. The fourth-order valence-electron chi connectivity index (χ4n) is 4.54. The zero-order chi connectivity index (χ0) is 23.5. The fraction of sp³-hybridized carbons (Fsp3) is 0.286. The average Bonchev–Trinajstić information content (AvgIpc) is 2.84. The van der Waals surface area contributed by atoms with Crippen molar-refractivity contribution in [3.63, 3.8) is 0 Å². The number of hydrogen-bond donors (Lipinski definition) is 0. The van der Waals surface area contributed by atoms with Gasteiger partial charge in [0.1, 0.15) is 5.75 Å². The Hall–Kier alpha value is -3.60. The van der Waals surface area contributed by atoms with E-state index in [0.717, 1.165) is 22.7 Å². The summed E-state index contributed by atoms with van der Waals surface area (Å²) in [5.74, 6) is 0.646. The summed E-state index contributed by atoms with van der Waals surface area (Å²) in [5, 5.41) is 0. The predicted molar refractivity (Wildman–Crippen MR) is 132 cm³/mol. The first kappa shape index (κ1) is 22.6. The van der Waals surface area contributed by atoms with Crippen LogP contribution in [0.15, 0.2) is 78.9 Å². The molecule has 170 valence electrons. The van der Waals surface area contributed by atoms with Crippen molar-refractivity contribution >= 4 is 23.2 Å². The molecular formula is C28H30N2O3. The lowest BCUT2D eigenvalue weighted by Crippen LogP contribution is -2.49. The largest absolute Gasteiger partial charge is 0.497 e. The van der Waals surface area contributed by atoms with Crippen LogP contribution >= 0.6 is 0 Å². The molecule has 2 amide bonds. The Balaban J connectivity index is 1.84. The van der Waals surface area contributed by atoms with Gasteiger partial charge in [0.2, 0.25) is 5.91 Å². The van der Waals surface area contributed by atoms with Gasteiger partial charge in [0.25, 0.3) is 5.91 Å². The van der Waals surface area contributed by atoms with E-state index in [0.29, 0.717) is 12.0 Å². The number of nitrogens with zero attached hydrogens (tertiary/aromatic N) is 2. The molecular weight excluding hydrogens is 412 g/mol. The van der Waals surface area contributed by atoms with E-state index in [2.05, 4.69) is 6.92 Å². The maximum atomic E-state index is 13.9. The van der Waals surface area contributed by atoms with E-state index >= 15 is 0 Å². The number of benzene rings is 3. The van der Waals surface area contributed by atoms with Crippen LogP contribution in [0.25, 0.3) is 0 Å². The van der Waals surface area contributed by atoms with E-state index in [1.165, 1.54) is 0 Å². The Bertz CT molecular complexity index is 1130. The van der Waals surface area contributed by atoms with E-state index in [1.807, 2.05) is 103 Å². The lowest BCUT2D eigenvalue weighted by Gasteiger charge is -2.44. The van der Waals surface area contributed by atoms with Gasteiger partial charge >= 0.3 is 0 Å². The second-order valence-electron chi connectivity index (χ2n) is 8.76. The van der Waals surface area contributed by atoms with Crippen LogP contribution in [-0.4, -0.2) is 25.0 Å². The lowest BCUT2D eigenvalue weighted by molar-refractivity contribution is -0.122. The summed E-state index contributed by atoms with van der Waals surface area (Å²) < 4.78 is 5.33. The van der Waals surface area contributed by atoms with Crippen LogP contribution in [-0.2, 0) is 4.79 Å². The normalized spacial score (nSPS) is 17.4. The van der Waals surface area contributed by atoms with Gasteiger partial charge in [-0.05, 0) is 61.4 Å². The third kappa shape index (κ3) is 4.36. The zero-order valence-electron chi connectivity index (χ0n) is 19.6. The summed E-state index contributed by atoms with van der Waals surface area (Å²) in [6.07, 6.45) is 0.639. The third-order valence-electron chi connectivity index (χ3n) is 6.19. The molecule has 4 rings (SSSR count). The van der Waals surface area contributed by atoms with Gasteiger partial charge in [0, 0.05) is 28.9 Å². The van der Waals surface area contributed by atoms with E-state index < -0.39 is 0 Å². The standard InChI is InChI=1S/C28H30N2O3/c1-19(2)27(31)29-20(3)18-26(24-12-8-9-13-25(24)29)30(22-14-16-23(33-4)17-15-22)28(32)21-10-6-5-7-11-21/h5-17,19-20,26H,18H2,1-4H3/t20-,26-/m1/s1. The van der Waals surface area contributed by atoms with Crippen molar-refractivity contribution in [2.45, 2.75) is 39.3 Å². The molecule has 0 fully saturated rings. The predicted octanol–water partition coefficient (Wildman–Crippen LogP) is 5.86.